The Bertz CT molecular complexity index is 390. The molecule has 19 heavy (non-hydrogen) atoms. The van der Waals surface area contributed by atoms with Crippen LogP contribution in [0.5, 0.6) is 0 Å². The van der Waals surface area contributed by atoms with Crippen LogP contribution in [0.15, 0.2) is 39.8 Å². The first-order valence-corrected chi connectivity index (χ1v) is 8.56. The van der Waals surface area contributed by atoms with Crippen molar-refractivity contribution in [3.05, 3.63) is 45.4 Å². The van der Waals surface area contributed by atoms with Gasteiger partial charge in [0.2, 0.25) is 0 Å². The van der Waals surface area contributed by atoms with Crippen LogP contribution in [-0.2, 0) is 0 Å². The van der Waals surface area contributed by atoms with Gasteiger partial charge in [0.05, 0.1) is 0 Å². The topological polar surface area (TPSA) is 12.0 Å². The zero-order chi connectivity index (χ0) is 14.1. The van der Waals surface area contributed by atoms with Crippen LogP contribution >= 0.6 is 31.9 Å². The molecule has 0 amide bonds. The van der Waals surface area contributed by atoms with Crippen LogP contribution in [-0.4, -0.2) is 6.54 Å². The maximum absolute atomic E-state index is 3.77. The third kappa shape index (κ3) is 6.24. The third-order valence-corrected chi connectivity index (χ3v) is 4.37. The smallest absolute Gasteiger partial charge is 0.0331 e. The second kappa shape index (κ2) is 9.73. The van der Waals surface area contributed by atoms with Crippen molar-refractivity contribution in [3.8, 4) is 0 Å². The lowest BCUT2D eigenvalue weighted by atomic mass is 10.00. The zero-order valence-corrected chi connectivity index (χ0v) is 14.8. The molecule has 1 rings (SSSR count). The summed E-state index contributed by atoms with van der Waals surface area (Å²) >= 11 is 7.17. The normalized spacial score (nSPS) is 12.4. The predicted octanol–water partition coefficient (Wildman–Crippen LogP) is 6.00. The molecule has 0 aliphatic carbocycles. The monoisotopic (exact) mass is 387 g/mol. The van der Waals surface area contributed by atoms with Gasteiger partial charge in [0, 0.05) is 15.0 Å². The number of hydrogen-bond acceptors (Lipinski definition) is 1. The molecule has 0 saturated carbocycles. The maximum Gasteiger partial charge on any atom is 0.0331 e. The maximum atomic E-state index is 3.77. The minimum Gasteiger partial charge on any atom is -0.310 e. The molecule has 0 saturated heterocycles. The first kappa shape index (κ1) is 16.9. The summed E-state index contributed by atoms with van der Waals surface area (Å²) in [6.45, 7) is 6.93. The van der Waals surface area contributed by atoms with Crippen molar-refractivity contribution in [1.29, 1.82) is 0 Å². The van der Waals surface area contributed by atoms with Crippen molar-refractivity contribution in [2.24, 2.45) is 0 Å². The Morgan fingerprint density at radius 1 is 1.26 bits per heavy atom. The van der Waals surface area contributed by atoms with Crippen LogP contribution < -0.4 is 5.32 Å². The molecule has 1 nitrogen and oxygen atoms in total. The molecule has 1 aromatic carbocycles. The molecule has 0 aliphatic heterocycles. The van der Waals surface area contributed by atoms with Crippen LogP contribution in [0, 0.1) is 0 Å². The average Bonchev–Trinajstić information content (AvgIpc) is 2.38. The Balaban J connectivity index is 2.58. The Labute approximate surface area is 134 Å². The fraction of sp³-hybridized carbons (Fsp3) is 0.500. The summed E-state index contributed by atoms with van der Waals surface area (Å²) in [5.41, 5.74) is 1.36. The average molecular weight is 389 g/mol. The molecule has 0 bridgehead atoms. The van der Waals surface area contributed by atoms with Gasteiger partial charge in [0.15, 0.2) is 0 Å². The summed E-state index contributed by atoms with van der Waals surface area (Å²) in [5, 5.41) is 3.58. The Morgan fingerprint density at radius 3 is 2.68 bits per heavy atom. The third-order valence-electron chi connectivity index (χ3n) is 3.19. The lowest BCUT2D eigenvalue weighted by Crippen LogP contribution is -2.21. The minimum atomic E-state index is 0.441. The van der Waals surface area contributed by atoms with E-state index >= 15 is 0 Å². The molecule has 0 aromatic heterocycles. The summed E-state index contributed by atoms with van der Waals surface area (Å²) < 4.78 is 2.29. The van der Waals surface area contributed by atoms with E-state index in [9.17, 15) is 0 Å². The lowest BCUT2D eigenvalue weighted by Gasteiger charge is -2.20. The number of allylic oxidation sites excluding steroid dienone is 1. The highest BCUT2D eigenvalue weighted by Crippen LogP contribution is 2.29. The van der Waals surface area contributed by atoms with Gasteiger partial charge in [0.25, 0.3) is 0 Å². The highest BCUT2D eigenvalue weighted by molar-refractivity contribution is 9.11. The van der Waals surface area contributed by atoms with Crippen LogP contribution in [0.3, 0.4) is 0 Å². The molecule has 1 unspecified atom stereocenters. The minimum absolute atomic E-state index is 0.441. The van der Waals surface area contributed by atoms with Crippen molar-refractivity contribution in [1.82, 2.24) is 5.32 Å². The molecule has 1 N–H and O–H groups in total. The number of nitrogens with one attached hydrogen (secondary N) is 1. The van der Waals surface area contributed by atoms with Crippen LogP contribution in [0.2, 0.25) is 0 Å². The van der Waals surface area contributed by atoms with E-state index in [0.29, 0.717) is 6.04 Å². The van der Waals surface area contributed by atoms with Gasteiger partial charge in [-0.1, -0.05) is 63.8 Å². The molecule has 0 spiro atoms. The number of benzene rings is 1. The number of rotatable bonds is 9. The van der Waals surface area contributed by atoms with E-state index in [1.54, 1.807) is 0 Å². The van der Waals surface area contributed by atoms with Crippen molar-refractivity contribution in [2.75, 3.05) is 6.54 Å². The fourth-order valence-electron chi connectivity index (χ4n) is 2.21. The van der Waals surface area contributed by atoms with Gasteiger partial charge in [0.1, 0.15) is 0 Å². The van der Waals surface area contributed by atoms with Crippen LogP contribution in [0.25, 0.3) is 0 Å². The lowest BCUT2D eigenvalue weighted by molar-refractivity contribution is 0.482. The van der Waals surface area contributed by atoms with Gasteiger partial charge in [-0.15, -0.1) is 6.58 Å². The Hall–Kier alpha value is -0.120. The number of halogens is 2. The summed E-state index contributed by atoms with van der Waals surface area (Å²) in [6, 6.07) is 6.88. The Morgan fingerprint density at radius 2 is 2.05 bits per heavy atom. The van der Waals surface area contributed by atoms with Crippen molar-refractivity contribution in [2.45, 2.75) is 45.1 Å². The van der Waals surface area contributed by atoms with Crippen molar-refractivity contribution < 1.29 is 0 Å². The molecule has 0 heterocycles. The second-order valence-corrected chi connectivity index (χ2v) is 6.47. The van der Waals surface area contributed by atoms with Crippen molar-refractivity contribution >= 4 is 31.9 Å². The summed E-state index contributed by atoms with van der Waals surface area (Å²) in [4.78, 5) is 0. The SMILES string of the molecule is C=CCCCCCC(NCC)c1ccc(Br)cc1Br. The van der Waals surface area contributed by atoms with Crippen LogP contribution in [0.4, 0.5) is 0 Å². The number of hydrogen-bond donors (Lipinski definition) is 1. The molecule has 106 valence electrons. The first-order chi connectivity index (χ1) is 9.19. The molecule has 0 radical (unpaired) electrons. The Kier molecular flexibility index (Phi) is 8.67. The van der Waals surface area contributed by atoms with Crippen molar-refractivity contribution in [3.63, 3.8) is 0 Å². The summed E-state index contributed by atoms with van der Waals surface area (Å²) in [6.07, 6.45) is 8.12. The highest BCUT2D eigenvalue weighted by atomic mass is 79.9. The van der Waals surface area contributed by atoms with Gasteiger partial charge >= 0.3 is 0 Å². The van der Waals surface area contributed by atoms with Gasteiger partial charge in [-0.3, -0.25) is 0 Å². The van der Waals surface area contributed by atoms with E-state index in [1.165, 1.54) is 35.7 Å². The largest absolute Gasteiger partial charge is 0.310 e. The molecule has 1 atom stereocenters. The second-order valence-electron chi connectivity index (χ2n) is 4.70. The molecular weight excluding hydrogens is 366 g/mol. The fourth-order valence-corrected chi connectivity index (χ4v) is 3.54. The van der Waals surface area contributed by atoms with Gasteiger partial charge in [-0.05, 0) is 43.5 Å². The summed E-state index contributed by atoms with van der Waals surface area (Å²) in [5.74, 6) is 0. The van der Waals surface area contributed by atoms with E-state index < -0.39 is 0 Å². The predicted molar refractivity (Wildman–Crippen MR) is 91.5 cm³/mol. The number of unbranched alkanes of at least 4 members (excludes halogenated alkanes) is 3. The first-order valence-electron chi connectivity index (χ1n) is 6.98. The zero-order valence-electron chi connectivity index (χ0n) is 11.6. The van der Waals surface area contributed by atoms with Gasteiger partial charge in [-0.25, -0.2) is 0 Å². The van der Waals surface area contributed by atoms with E-state index in [2.05, 4.69) is 68.9 Å². The van der Waals surface area contributed by atoms with Crippen LogP contribution in [0.1, 0.15) is 50.6 Å². The van der Waals surface area contributed by atoms with E-state index in [4.69, 9.17) is 0 Å². The molecule has 0 aliphatic rings. The van der Waals surface area contributed by atoms with Gasteiger partial charge in [-0.2, -0.15) is 0 Å². The van der Waals surface area contributed by atoms with E-state index in [0.717, 1.165) is 17.4 Å². The van der Waals surface area contributed by atoms with E-state index in [-0.39, 0.29) is 0 Å². The quantitative estimate of drug-likeness (QED) is 0.404. The summed E-state index contributed by atoms with van der Waals surface area (Å²) in [7, 11) is 0. The molecule has 1 aromatic rings. The highest BCUT2D eigenvalue weighted by Gasteiger charge is 2.13. The molecule has 0 fully saturated rings. The van der Waals surface area contributed by atoms with E-state index in [1.807, 2.05) is 6.08 Å². The van der Waals surface area contributed by atoms with Gasteiger partial charge < -0.3 is 5.32 Å². The molecular formula is C16H23Br2N. The standard InChI is InChI=1S/C16H23Br2N/c1-3-5-6-7-8-9-16(19-4-2)14-11-10-13(17)12-15(14)18/h3,10-12,16,19H,1,4-9H2,2H3. The molecule has 3 heteroatoms.